The molecule has 0 aliphatic rings. The molecule has 1 aromatic heterocycles. The van der Waals surface area contributed by atoms with Crippen LogP contribution in [-0.4, -0.2) is 21.9 Å². The van der Waals surface area contributed by atoms with Gasteiger partial charge in [-0.2, -0.15) is 0 Å². The maximum Gasteiger partial charge on any atom is 0.196 e. The lowest BCUT2D eigenvalue weighted by Gasteiger charge is -2.22. The molecule has 4 rings (SSSR count). The number of aryl methyl sites for hydroxylation is 3. The number of methoxy groups -OCH3 is 1. The number of thioether (sulfide) groups is 1. The molecule has 3 aromatic carbocycles. The van der Waals surface area contributed by atoms with E-state index in [2.05, 4.69) is 92.7 Å². The van der Waals surface area contributed by atoms with Crippen molar-refractivity contribution in [3.05, 3.63) is 88.5 Å². The Bertz CT molecular complexity index is 1260. The highest BCUT2D eigenvalue weighted by Gasteiger charge is 2.19. The van der Waals surface area contributed by atoms with Gasteiger partial charge < -0.3 is 4.74 Å². The Balaban J connectivity index is 1.71. The third kappa shape index (κ3) is 5.05. The van der Waals surface area contributed by atoms with Crippen LogP contribution in [0.2, 0.25) is 0 Å². The second kappa shape index (κ2) is 9.67. The molecule has 176 valence electrons. The molecule has 0 N–H and O–H groups in total. The Labute approximate surface area is 207 Å². The number of nitrogens with zero attached hydrogens (tertiary/aromatic N) is 3. The Hall–Kier alpha value is -3.05. The van der Waals surface area contributed by atoms with Crippen molar-refractivity contribution < 1.29 is 4.74 Å². The summed E-state index contributed by atoms with van der Waals surface area (Å²) in [6.45, 7) is 13.3. The van der Waals surface area contributed by atoms with E-state index in [1.54, 1.807) is 18.9 Å². The fourth-order valence-electron chi connectivity index (χ4n) is 4.01. The molecule has 0 fully saturated rings. The SMILES string of the molecule is COc1ccc(-c2nnc(SCc3c(C)cc(C(C)(C)C)cc3C)n2-c2ccc(C)cc2)cc1. The standard InChI is InChI=1S/C29H33N3OS/c1-19-8-12-24(13-9-19)32-27(22-10-14-25(33-7)15-11-22)30-31-28(32)34-18-26-20(2)16-23(17-21(26)3)29(4,5)6/h8-17H,18H2,1-7H3. The summed E-state index contributed by atoms with van der Waals surface area (Å²) >= 11 is 1.73. The topological polar surface area (TPSA) is 39.9 Å². The van der Waals surface area contributed by atoms with E-state index in [1.165, 1.54) is 27.8 Å². The van der Waals surface area contributed by atoms with E-state index in [0.717, 1.165) is 33.7 Å². The number of rotatable bonds is 6. The lowest BCUT2D eigenvalue weighted by atomic mass is 9.84. The highest BCUT2D eigenvalue weighted by Crippen LogP contribution is 2.33. The van der Waals surface area contributed by atoms with Gasteiger partial charge >= 0.3 is 0 Å². The van der Waals surface area contributed by atoms with Crippen LogP contribution in [0.3, 0.4) is 0 Å². The summed E-state index contributed by atoms with van der Waals surface area (Å²) < 4.78 is 7.48. The first-order valence-electron chi connectivity index (χ1n) is 11.6. The number of hydrogen-bond acceptors (Lipinski definition) is 4. The van der Waals surface area contributed by atoms with Crippen LogP contribution >= 0.6 is 11.8 Å². The monoisotopic (exact) mass is 471 g/mol. The third-order valence-corrected chi connectivity index (χ3v) is 7.14. The number of aromatic nitrogens is 3. The first kappa shape index (κ1) is 24.1. The molecule has 4 nitrogen and oxygen atoms in total. The smallest absolute Gasteiger partial charge is 0.196 e. The number of benzene rings is 3. The zero-order valence-electron chi connectivity index (χ0n) is 21.1. The van der Waals surface area contributed by atoms with Gasteiger partial charge in [-0.1, -0.05) is 62.4 Å². The molecule has 0 aliphatic carbocycles. The van der Waals surface area contributed by atoms with Gasteiger partial charge in [-0.25, -0.2) is 0 Å². The van der Waals surface area contributed by atoms with E-state index in [1.807, 2.05) is 24.3 Å². The molecule has 0 bridgehead atoms. The largest absolute Gasteiger partial charge is 0.497 e. The summed E-state index contributed by atoms with van der Waals surface area (Å²) in [6, 6.07) is 21.1. The summed E-state index contributed by atoms with van der Waals surface area (Å²) in [5.74, 6) is 2.49. The first-order chi connectivity index (χ1) is 16.2. The molecule has 4 aromatic rings. The van der Waals surface area contributed by atoms with Gasteiger partial charge in [-0.05, 0) is 84.8 Å². The van der Waals surface area contributed by atoms with Gasteiger partial charge in [0.25, 0.3) is 0 Å². The van der Waals surface area contributed by atoms with Gasteiger partial charge in [-0.3, -0.25) is 4.57 Å². The average Bonchev–Trinajstić information content (AvgIpc) is 3.22. The molecule has 0 spiro atoms. The molecule has 0 unspecified atom stereocenters. The van der Waals surface area contributed by atoms with Gasteiger partial charge in [-0.15, -0.1) is 10.2 Å². The summed E-state index contributed by atoms with van der Waals surface area (Å²) in [7, 11) is 1.68. The minimum absolute atomic E-state index is 0.139. The normalized spacial score (nSPS) is 11.6. The number of hydrogen-bond donors (Lipinski definition) is 0. The van der Waals surface area contributed by atoms with Crippen molar-refractivity contribution in [1.29, 1.82) is 0 Å². The van der Waals surface area contributed by atoms with E-state index in [-0.39, 0.29) is 5.41 Å². The van der Waals surface area contributed by atoms with Crippen molar-refractivity contribution in [1.82, 2.24) is 14.8 Å². The molecule has 0 aliphatic heterocycles. The number of ether oxygens (including phenoxy) is 1. The van der Waals surface area contributed by atoms with E-state index in [4.69, 9.17) is 4.74 Å². The van der Waals surface area contributed by atoms with Crippen LogP contribution in [0.4, 0.5) is 0 Å². The first-order valence-corrected chi connectivity index (χ1v) is 12.6. The van der Waals surface area contributed by atoms with Crippen LogP contribution in [-0.2, 0) is 11.2 Å². The minimum Gasteiger partial charge on any atom is -0.497 e. The predicted octanol–water partition coefficient (Wildman–Crippen LogP) is 7.46. The molecular weight excluding hydrogens is 438 g/mol. The van der Waals surface area contributed by atoms with Crippen molar-refractivity contribution in [2.45, 2.75) is 57.9 Å². The van der Waals surface area contributed by atoms with E-state index >= 15 is 0 Å². The van der Waals surface area contributed by atoms with Gasteiger partial charge in [0, 0.05) is 17.0 Å². The van der Waals surface area contributed by atoms with Gasteiger partial charge in [0.05, 0.1) is 7.11 Å². The maximum absolute atomic E-state index is 5.33. The third-order valence-electron chi connectivity index (χ3n) is 6.18. The second-order valence-corrected chi connectivity index (χ2v) is 10.8. The molecule has 0 radical (unpaired) electrons. The molecule has 0 saturated carbocycles. The van der Waals surface area contributed by atoms with Crippen LogP contribution in [0.15, 0.2) is 65.8 Å². The second-order valence-electron chi connectivity index (χ2n) is 9.83. The fourth-order valence-corrected chi connectivity index (χ4v) is 5.16. The van der Waals surface area contributed by atoms with Crippen LogP contribution in [0.25, 0.3) is 17.1 Å². The molecular formula is C29H33N3OS. The summed E-state index contributed by atoms with van der Waals surface area (Å²) in [4.78, 5) is 0. The Kier molecular flexibility index (Phi) is 6.85. The molecule has 5 heteroatoms. The van der Waals surface area contributed by atoms with Crippen LogP contribution in [0.5, 0.6) is 5.75 Å². The van der Waals surface area contributed by atoms with Gasteiger partial charge in [0.1, 0.15) is 5.75 Å². The highest BCUT2D eigenvalue weighted by atomic mass is 32.2. The van der Waals surface area contributed by atoms with Crippen molar-refractivity contribution in [3.8, 4) is 22.8 Å². The average molecular weight is 472 g/mol. The van der Waals surface area contributed by atoms with Crippen molar-refractivity contribution >= 4 is 11.8 Å². The summed E-state index contributed by atoms with van der Waals surface area (Å²) in [6.07, 6.45) is 0. The predicted molar refractivity (Wildman–Crippen MR) is 142 cm³/mol. The van der Waals surface area contributed by atoms with Crippen molar-refractivity contribution in [3.63, 3.8) is 0 Å². The van der Waals surface area contributed by atoms with Crippen LogP contribution in [0, 0.1) is 20.8 Å². The maximum atomic E-state index is 5.33. The molecule has 0 atom stereocenters. The summed E-state index contributed by atoms with van der Waals surface area (Å²) in [5.41, 5.74) is 8.82. The quantitative estimate of drug-likeness (QED) is 0.274. The lowest BCUT2D eigenvalue weighted by Crippen LogP contribution is -2.12. The van der Waals surface area contributed by atoms with Crippen LogP contribution in [0.1, 0.15) is 48.6 Å². The Morgan fingerprint density at radius 2 is 1.47 bits per heavy atom. The van der Waals surface area contributed by atoms with Crippen molar-refractivity contribution in [2.24, 2.45) is 0 Å². The van der Waals surface area contributed by atoms with Gasteiger partial charge in [0.2, 0.25) is 0 Å². The van der Waals surface area contributed by atoms with Crippen molar-refractivity contribution in [2.75, 3.05) is 7.11 Å². The minimum atomic E-state index is 0.139. The Morgan fingerprint density at radius 1 is 0.853 bits per heavy atom. The molecule has 34 heavy (non-hydrogen) atoms. The molecule has 1 heterocycles. The van der Waals surface area contributed by atoms with E-state index < -0.39 is 0 Å². The Morgan fingerprint density at radius 3 is 2.03 bits per heavy atom. The van der Waals surface area contributed by atoms with Crippen LogP contribution < -0.4 is 4.74 Å². The van der Waals surface area contributed by atoms with Gasteiger partial charge in [0.15, 0.2) is 11.0 Å². The highest BCUT2D eigenvalue weighted by molar-refractivity contribution is 7.98. The zero-order chi connectivity index (χ0) is 24.5. The van der Waals surface area contributed by atoms with E-state index in [9.17, 15) is 0 Å². The fraction of sp³-hybridized carbons (Fsp3) is 0.310. The molecule has 0 amide bonds. The zero-order valence-corrected chi connectivity index (χ0v) is 22.0. The summed E-state index contributed by atoms with van der Waals surface area (Å²) in [5, 5.41) is 10.1. The lowest BCUT2D eigenvalue weighted by molar-refractivity contribution is 0.415. The molecule has 0 saturated heterocycles. The van der Waals surface area contributed by atoms with E-state index in [0.29, 0.717) is 0 Å².